The molecule has 1 heterocycles. The summed E-state index contributed by atoms with van der Waals surface area (Å²) in [7, 11) is 0. The molecule has 0 saturated carbocycles. The van der Waals surface area contributed by atoms with E-state index in [0.29, 0.717) is 6.42 Å². The van der Waals surface area contributed by atoms with Crippen LogP contribution < -0.4 is 0 Å². The van der Waals surface area contributed by atoms with Crippen LogP contribution in [0.5, 0.6) is 0 Å². The molecule has 1 aromatic heterocycles. The third kappa shape index (κ3) is 1.79. The molecule has 0 fully saturated rings. The Kier molecular flexibility index (Phi) is 2.83. The van der Waals surface area contributed by atoms with E-state index in [1.165, 1.54) is 10.1 Å². The number of benzene rings is 1. The first-order valence-electron chi connectivity index (χ1n) is 4.48. The van der Waals surface area contributed by atoms with Crippen molar-refractivity contribution in [1.82, 2.24) is 0 Å². The van der Waals surface area contributed by atoms with E-state index in [-0.39, 0.29) is 6.61 Å². The number of hydrogen-bond donors (Lipinski definition) is 1. The van der Waals surface area contributed by atoms with Crippen LogP contribution in [0.1, 0.15) is 12.0 Å². The van der Waals surface area contributed by atoms with Gasteiger partial charge in [-0.05, 0) is 6.07 Å². The summed E-state index contributed by atoms with van der Waals surface area (Å²) in [5.41, 5.74) is 1.07. The maximum absolute atomic E-state index is 8.61. The van der Waals surface area contributed by atoms with Crippen molar-refractivity contribution >= 4 is 21.4 Å². The Morgan fingerprint density at radius 1 is 1.29 bits per heavy atom. The van der Waals surface area contributed by atoms with Crippen molar-refractivity contribution in [3.63, 3.8) is 0 Å². The average Bonchev–Trinajstić information content (AvgIpc) is 2.63. The van der Waals surface area contributed by atoms with Gasteiger partial charge in [0.15, 0.2) is 0 Å². The molecule has 2 aromatic rings. The minimum atomic E-state index is 0.134. The molecule has 0 bridgehead atoms. The molecule has 0 atom stereocenters. The molecule has 0 amide bonds. The number of rotatable bonds is 1. The second-order valence-electron chi connectivity index (χ2n) is 2.92. The number of thiophene rings is 1. The summed E-state index contributed by atoms with van der Waals surface area (Å²) in [5, 5.41) is 11.9. The maximum atomic E-state index is 8.61. The number of hydrogen-bond acceptors (Lipinski definition) is 2. The standard InChI is InChI=1S/C12H10OS/c13-8-4-3-5-10-9-14-12-7-2-1-6-11(10)12/h1-2,6-7,9,13H,4,8H2. The van der Waals surface area contributed by atoms with E-state index in [0.717, 1.165) is 5.56 Å². The molecular formula is C12H10OS. The van der Waals surface area contributed by atoms with Gasteiger partial charge in [-0.2, -0.15) is 0 Å². The Hall–Kier alpha value is -1.30. The molecule has 0 radical (unpaired) electrons. The van der Waals surface area contributed by atoms with Crippen molar-refractivity contribution in [2.45, 2.75) is 6.42 Å². The van der Waals surface area contributed by atoms with Crippen molar-refractivity contribution in [3.8, 4) is 11.8 Å². The predicted octanol–water partition coefficient (Wildman–Crippen LogP) is 2.64. The number of fused-ring (bicyclic) bond motifs is 1. The van der Waals surface area contributed by atoms with Crippen molar-refractivity contribution in [2.75, 3.05) is 6.61 Å². The Labute approximate surface area is 87.0 Å². The van der Waals surface area contributed by atoms with Crippen LogP contribution in [0.25, 0.3) is 10.1 Å². The Morgan fingerprint density at radius 2 is 2.14 bits per heavy atom. The van der Waals surface area contributed by atoms with E-state index in [9.17, 15) is 0 Å². The molecule has 0 unspecified atom stereocenters. The Balaban J connectivity index is 2.40. The maximum Gasteiger partial charge on any atom is 0.0540 e. The fourth-order valence-corrected chi connectivity index (χ4v) is 2.18. The van der Waals surface area contributed by atoms with Gasteiger partial charge in [0.2, 0.25) is 0 Å². The Morgan fingerprint density at radius 3 is 3.00 bits per heavy atom. The SMILES string of the molecule is OCCC#Cc1csc2ccccc12. The van der Waals surface area contributed by atoms with E-state index in [1.54, 1.807) is 11.3 Å². The molecule has 0 aliphatic carbocycles. The molecular weight excluding hydrogens is 192 g/mol. The molecule has 1 aromatic carbocycles. The van der Waals surface area contributed by atoms with Crippen molar-refractivity contribution in [2.24, 2.45) is 0 Å². The predicted molar refractivity (Wildman–Crippen MR) is 60.4 cm³/mol. The lowest BCUT2D eigenvalue weighted by molar-refractivity contribution is 0.305. The van der Waals surface area contributed by atoms with Gasteiger partial charge >= 0.3 is 0 Å². The molecule has 2 heteroatoms. The molecule has 14 heavy (non-hydrogen) atoms. The molecule has 0 aliphatic heterocycles. The first-order chi connectivity index (χ1) is 6.92. The van der Waals surface area contributed by atoms with Gasteiger partial charge in [-0.3, -0.25) is 0 Å². The van der Waals surface area contributed by atoms with Crippen LogP contribution in [-0.2, 0) is 0 Å². The van der Waals surface area contributed by atoms with Gasteiger partial charge in [-0.1, -0.05) is 30.0 Å². The summed E-state index contributed by atoms with van der Waals surface area (Å²) in [6, 6.07) is 8.22. The fraction of sp³-hybridized carbons (Fsp3) is 0.167. The monoisotopic (exact) mass is 202 g/mol. The molecule has 0 aliphatic rings. The number of aliphatic hydroxyl groups is 1. The quantitative estimate of drug-likeness (QED) is 0.705. The highest BCUT2D eigenvalue weighted by atomic mass is 32.1. The van der Waals surface area contributed by atoms with Gasteiger partial charge < -0.3 is 5.11 Å². The van der Waals surface area contributed by atoms with Crippen LogP contribution in [-0.4, -0.2) is 11.7 Å². The fourth-order valence-electron chi connectivity index (χ4n) is 1.29. The lowest BCUT2D eigenvalue weighted by Gasteiger charge is -1.87. The molecule has 1 nitrogen and oxygen atoms in total. The van der Waals surface area contributed by atoms with Gasteiger partial charge in [0.05, 0.1) is 6.61 Å². The minimum absolute atomic E-state index is 0.134. The van der Waals surface area contributed by atoms with Crippen molar-refractivity contribution in [3.05, 3.63) is 35.2 Å². The first kappa shape index (κ1) is 9.26. The van der Waals surface area contributed by atoms with Crippen LogP contribution in [0.4, 0.5) is 0 Å². The third-order valence-electron chi connectivity index (χ3n) is 1.94. The zero-order valence-electron chi connectivity index (χ0n) is 7.66. The summed E-state index contributed by atoms with van der Waals surface area (Å²) < 4.78 is 1.26. The molecule has 0 saturated heterocycles. The largest absolute Gasteiger partial charge is 0.395 e. The highest BCUT2D eigenvalue weighted by molar-refractivity contribution is 7.17. The van der Waals surface area contributed by atoms with E-state index in [1.807, 2.05) is 12.1 Å². The highest BCUT2D eigenvalue weighted by Crippen LogP contribution is 2.24. The van der Waals surface area contributed by atoms with Gasteiger partial charge in [0.25, 0.3) is 0 Å². The smallest absolute Gasteiger partial charge is 0.0540 e. The lowest BCUT2D eigenvalue weighted by Crippen LogP contribution is -1.76. The van der Waals surface area contributed by atoms with E-state index in [4.69, 9.17) is 5.11 Å². The van der Waals surface area contributed by atoms with Gasteiger partial charge in [0, 0.05) is 27.5 Å². The molecule has 70 valence electrons. The summed E-state index contributed by atoms with van der Waals surface area (Å²) in [5.74, 6) is 6.01. The average molecular weight is 202 g/mol. The van der Waals surface area contributed by atoms with Crippen LogP contribution in [0, 0.1) is 11.8 Å². The Bertz CT molecular complexity index is 487. The summed E-state index contributed by atoms with van der Waals surface area (Å²) in [6.07, 6.45) is 0.546. The molecule has 0 spiro atoms. The second kappa shape index (κ2) is 4.28. The minimum Gasteiger partial charge on any atom is -0.395 e. The highest BCUT2D eigenvalue weighted by Gasteiger charge is 1.98. The van der Waals surface area contributed by atoms with Crippen LogP contribution in [0.2, 0.25) is 0 Å². The van der Waals surface area contributed by atoms with E-state index in [2.05, 4.69) is 29.4 Å². The topological polar surface area (TPSA) is 20.2 Å². The van der Waals surface area contributed by atoms with Gasteiger partial charge in [-0.15, -0.1) is 11.3 Å². The summed E-state index contributed by atoms with van der Waals surface area (Å²) in [4.78, 5) is 0. The summed E-state index contributed by atoms with van der Waals surface area (Å²) >= 11 is 1.71. The zero-order chi connectivity index (χ0) is 9.80. The van der Waals surface area contributed by atoms with Crippen LogP contribution >= 0.6 is 11.3 Å². The third-order valence-corrected chi connectivity index (χ3v) is 2.90. The summed E-state index contributed by atoms with van der Waals surface area (Å²) in [6.45, 7) is 0.134. The first-order valence-corrected chi connectivity index (χ1v) is 5.36. The van der Waals surface area contributed by atoms with Gasteiger partial charge in [-0.25, -0.2) is 0 Å². The molecule has 1 N–H and O–H groups in total. The van der Waals surface area contributed by atoms with Crippen molar-refractivity contribution in [1.29, 1.82) is 0 Å². The second-order valence-corrected chi connectivity index (χ2v) is 3.83. The zero-order valence-corrected chi connectivity index (χ0v) is 8.47. The normalized spacial score (nSPS) is 9.79. The van der Waals surface area contributed by atoms with Crippen LogP contribution in [0.3, 0.4) is 0 Å². The van der Waals surface area contributed by atoms with E-state index < -0.39 is 0 Å². The van der Waals surface area contributed by atoms with E-state index >= 15 is 0 Å². The van der Waals surface area contributed by atoms with Crippen molar-refractivity contribution < 1.29 is 5.11 Å². The van der Waals surface area contributed by atoms with Crippen LogP contribution in [0.15, 0.2) is 29.6 Å². The number of aliphatic hydroxyl groups excluding tert-OH is 1. The molecule has 2 rings (SSSR count). The van der Waals surface area contributed by atoms with Gasteiger partial charge in [0.1, 0.15) is 0 Å². The lowest BCUT2D eigenvalue weighted by atomic mass is 10.2.